The summed E-state index contributed by atoms with van der Waals surface area (Å²) < 4.78 is 46.5. The van der Waals surface area contributed by atoms with Gasteiger partial charge in [0.15, 0.2) is 5.84 Å². The van der Waals surface area contributed by atoms with E-state index in [0.29, 0.717) is 17.5 Å². The van der Waals surface area contributed by atoms with Crippen LogP contribution in [0.2, 0.25) is 0 Å². The maximum atomic E-state index is 16.4. The van der Waals surface area contributed by atoms with Gasteiger partial charge in [0.1, 0.15) is 23.5 Å². The van der Waals surface area contributed by atoms with Crippen molar-refractivity contribution in [1.82, 2.24) is 9.99 Å². The minimum atomic E-state index is -1.07. The molecule has 2 aromatic carbocycles. The van der Waals surface area contributed by atoms with Gasteiger partial charge in [-0.05, 0) is 30.2 Å². The van der Waals surface area contributed by atoms with Crippen molar-refractivity contribution < 1.29 is 13.3 Å². The molecule has 1 aromatic heterocycles. The maximum Gasteiger partial charge on any atom is 0.161 e. The topological polar surface area (TPSA) is 93.6 Å². The largest absolute Gasteiger partial charge is 0.385 e. The lowest BCUT2D eigenvalue weighted by atomic mass is 9.97. The van der Waals surface area contributed by atoms with Crippen molar-refractivity contribution in [3.05, 3.63) is 89.4 Å². The molecule has 7 nitrogen and oxygen atoms in total. The van der Waals surface area contributed by atoms with Gasteiger partial charge in [0, 0.05) is 54.6 Å². The molecule has 0 aliphatic carbocycles. The zero-order valence-electron chi connectivity index (χ0n) is 19.1. The number of hydrazine groups is 1. The fourth-order valence-electron chi connectivity index (χ4n) is 4.11. The van der Waals surface area contributed by atoms with Crippen LogP contribution in [0, 0.1) is 17.0 Å². The number of hydrogen-bond acceptors (Lipinski definition) is 7. The first-order valence-electron chi connectivity index (χ1n) is 10.9. The molecule has 0 fully saturated rings. The molecule has 0 saturated carbocycles. The number of halogens is 3. The van der Waals surface area contributed by atoms with Crippen molar-refractivity contribution in [2.45, 2.75) is 19.5 Å². The molecule has 1 aliphatic rings. The SMILES string of the molecule is CCc1cccc(F)c1C1=NC=CC(N)N1N(F)c1cc(F)c(NC)c(C=N)c1-c1cccnc1. The van der Waals surface area contributed by atoms with E-state index in [-0.39, 0.29) is 39.1 Å². The van der Waals surface area contributed by atoms with E-state index < -0.39 is 17.8 Å². The minimum absolute atomic E-state index is 0.0232. The number of nitrogens with two attached hydrogens (primary N) is 1. The average Bonchev–Trinajstić information content (AvgIpc) is 2.87. The molecule has 35 heavy (non-hydrogen) atoms. The van der Waals surface area contributed by atoms with Crippen molar-refractivity contribution >= 4 is 23.4 Å². The van der Waals surface area contributed by atoms with Crippen LogP contribution in [0.3, 0.4) is 0 Å². The second-order valence-electron chi connectivity index (χ2n) is 7.69. The van der Waals surface area contributed by atoms with Crippen LogP contribution >= 0.6 is 0 Å². The fourth-order valence-corrected chi connectivity index (χ4v) is 4.11. The molecule has 0 saturated heterocycles. The van der Waals surface area contributed by atoms with Crippen LogP contribution < -0.4 is 16.3 Å². The maximum absolute atomic E-state index is 16.4. The predicted octanol–water partition coefficient (Wildman–Crippen LogP) is 4.80. The molecule has 0 bridgehead atoms. The Morgan fingerprint density at radius 3 is 2.66 bits per heavy atom. The Morgan fingerprint density at radius 2 is 2.00 bits per heavy atom. The van der Waals surface area contributed by atoms with Gasteiger partial charge in [-0.15, -0.1) is 5.23 Å². The van der Waals surface area contributed by atoms with Crippen LogP contribution in [0.15, 0.2) is 66.1 Å². The molecule has 1 aliphatic heterocycles. The summed E-state index contributed by atoms with van der Waals surface area (Å²) in [5.41, 5.74) is 7.46. The summed E-state index contributed by atoms with van der Waals surface area (Å²) in [7, 11) is 1.51. The number of aryl methyl sites for hydroxylation is 1. The number of rotatable bonds is 7. The Labute approximate surface area is 200 Å². The van der Waals surface area contributed by atoms with Crippen LogP contribution in [0.5, 0.6) is 0 Å². The molecule has 10 heteroatoms. The Kier molecular flexibility index (Phi) is 6.83. The van der Waals surface area contributed by atoms with E-state index >= 15 is 8.87 Å². The van der Waals surface area contributed by atoms with Crippen LogP contribution in [-0.2, 0) is 6.42 Å². The third kappa shape index (κ3) is 4.24. The highest BCUT2D eigenvalue weighted by Crippen LogP contribution is 2.40. The Balaban J connectivity index is 1.96. The number of aliphatic imine (C=N–C) groups is 1. The van der Waals surface area contributed by atoms with Crippen LogP contribution in [-0.4, -0.2) is 35.3 Å². The van der Waals surface area contributed by atoms with Crippen molar-refractivity contribution in [3.8, 4) is 11.1 Å². The minimum Gasteiger partial charge on any atom is -0.385 e. The van der Waals surface area contributed by atoms with Gasteiger partial charge >= 0.3 is 0 Å². The summed E-state index contributed by atoms with van der Waals surface area (Å²) in [5.74, 6) is -1.44. The molecule has 2 heterocycles. The Morgan fingerprint density at radius 1 is 1.20 bits per heavy atom. The molecular formula is C25H24F3N7. The molecule has 0 spiro atoms. The summed E-state index contributed by atoms with van der Waals surface area (Å²) in [6.07, 6.45) is 6.17. The molecule has 1 unspecified atom stereocenters. The lowest BCUT2D eigenvalue weighted by Gasteiger charge is -2.37. The molecule has 180 valence electrons. The fraction of sp³-hybridized carbons (Fsp3) is 0.160. The van der Waals surface area contributed by atoms with Gasteiger partial charge in [-0.25, -0.2) is 18.8 Å². The Bertz CT molecular complexity index is 1310. The number of aromatic nitrogens is 1. The molecule has 4 N–H and O–H groups in total. The lowest BCUT2D eigenvalue weighted by Crippen LogP contribution is -2.54. The van der Waals surface area contributed by atoms with Gasteiger partial charge in [-0.2, -0.15) is 0 Å². The molecular weight excluding hydrogens is 455 g/mol. The number of nitrogens with zero attached hydrogens (tertiary/aromatic N) is 4. The molecule has 4 rings (SSSR count). The highest BCUT2D eigenvalue weighted by molar-refractivity contribution is 6.04. The summed E-state index contributed by atoms with van der Waals surface area (Å²) in [5, 5.41) is 11.8. The van der Waals surface area contributed by atoms with Gasteiger partial charge in [-0.1, -0.05) is 29.6 Å². The number of benzene rings is 2. The molecule has 0 radical (unpaired) electrons. The third-order valence-electron chi connectivity index (χ3n) is 5.71. The van der Waals surface area contributed by atoms with E-state index in [1.54, 1.807) is 30.5 Å². The van der Waals surface area contributed by atoms with Crippen molar-refractivity contribution in [2.24, 2.45) is 10.7 Å². The standard InChI is InChI=1S/C25H24F3N7/c1-3-15-6-4-8-18(26)23(15)25-33-11-9-21(30)34(25)35(28)20-12-19(27)24(31-2)17(13-29)22(20)16-7-5-10-32-14-16/h4-14,21,29,31H,3,30H2,1-2H3. The first-order valence-corrected chi connectivity index (χ1v) is 10.9. The van der Waals surface area contributed by atoms with Gasteiger partial charge < -0.3 is 16.5 Å². The summed E-state index contributed by atoms with van der Waals surface area (Å²) in [4.78, 5) is 8.33. The van der Waals surface area contributed by atoms with Gasteiger partial charge in [0.25, 0.3) is 0 Å². The zero-order chi connectivity index (χ0) is 25.1. The highest BCUT2D eigenvalue weighted by atomic mass is 19.2. The predicted molar refractivity (Wildman–Crippen MR) is 132 cm³/mol. The first-order chi connectivity index (χ1) is 16.9. The Hall–Kier alpha value is -4.18. The van der Waals surface area contributed by atoms with Gasteiger partial charge in [0.05, 0.1) is 11.3 Å². The smallest absolute Gasteiger partial charge is 0.161 e. The van der Waals surface area contributed by atoms with E-state index in [0.717, 1.165) is 17.3 Å². The van der Waals surface area contributed by atoms with Crippen molar-refractivity contribution in [1.29, 1.82) is 5.41 Å². The summed E-state index contributed by atoms with van der Waals surface area (Å²) in [6.45, 7) is 1.84. The average molecular weight is 480 g/mol. The molecule has 3 aromatic rings. The number of pyridine rings is 1. The van der Waals surface area contributed by atoms with Crippen molar-refractivity contribution in [2.75, 3.05) is 17.6 Å². The second-order valence-corrected chi connectivity index (χ2v) is 7.69. The summed E-state index contributed by atoms with van der Waals surface area (Å²) in [6, 6.07) is 8.86. The number of anilines is 2. The third-order valence-corrected chi connectivity index (χ3v) is 5.71. The van der Waals surface area contributed by atoms with E-state index in [1.165, 1.54) is 31.6 Å². The number of nitrogens with one attached hydrogen (secondary N) is 2. The zero-order valence-corrected chi connectivity index (χ0v) is 19.1. The first kappa shape index (κ1) is 24.0. The summed E-state index contributed by atoms with van der Waals surface area (Å²) >= 11 is 0. The van der Waals surface area contributed by atoms with Gasteiger partial charge in [0.2, 0.25) is 0 Å². The van der Waals surface area contributed by atoms with Gasteiger partial charge in [-0.3, -0.25) is 4.98 Å². The van der Waals surface area contributed by atoms with Crippen LogP contribution in [0.1, 0.15) is 23.6 Å². The molecule has 0 amide bonds. The quantitative estimate of drug-likeness (QED) is 0.335. The molecule has 1 atom stereocenters. The van der Waals surface area contributed by atoms with E-state index in [1.807, 2.05) is 6.92 Å². The van der Waals surface area contributed by atoms with E-state index in [4.69, 9.17) is 11.1 Å². The lowest BCUT2D eigenvalue weighted by molar-refractivity contribution is 0.200. The van der Waals surface area contributed by atoms with Crippen LogP contribution in [0.25, 0.3) is 11.1 Å². The monoisotopic (exact) mass is 479 g/mol. The van der Waals surface area contributed by atoms with Crippen LogP contribution in [0.4, 0.5) is 24.6 Å². The second kappa shape index (κ2) is 9.98. The van der Waals surface area contributed by atoms with E-state index in [2.05, 4.69) is 15.3 Å². The number of amidine groups is 1. The normalized spacial score (nSPS) is 15.1. The highest BCUT2D eigenvalue weighted by Gasteiger charge is 2.33. The number of hydrogen-bond donors (Lipinski definition) is 3. The van der Waals surface area contributed by atoms with Crippen molar-refractivity contribution in [3.63, 3.8) is 0 Å². The van der Waals surface area contributed by atoms with E-state index in [9.17, 15) is 4.39 Å².